The molecule has 5 nitrogen and oxygen atoms in total. The highest BCUT2D eigenvalue weighted by molar-refractivity contribution is 7.59. The molecule has 0 unspecified atom stereocenters. The maximum atomic E-state index is 12.0. The number of nitro groups is 1. The van der Waals surface area contributed by atoms with Crippen LogP contribution < -0.4 is 4.52 Å². The van der Waals surface area contributed by atoms with E-state index in [-0.39, 0.29) is 5.69 Å². The quantitative estimate of drug-likeness (QED) is 0.452. The van der Waals surface area contributed by atoms with Crippen molar-refractivity contribution in [1.29, 1.82) is 0 Å². The van der Waals surface area contributed by atoms with Gasteiger partial charge in [0.1, 0.15) is 5.75 Å². The molecule has 0 atom stereocenters. The summed E-state index contributed by atoms with van der Waals surface area (Å²) in [4.78, 5) is 9.94. The Morgan fingerprint density at radius 2 is 1.75 bits per heavy atom. The first-order valence-electron chi connectivity index (χ1n) is 5.03. The lowest BCUT2D eigenvalue weighted by molar-refractivity contribution is -0.384. The number of rotatable bonds is 5. The van der Waals surface area contributed by atoms with Crippen LogP contribution in [0.1, 0.15) is 13.8 Å². The fourth-order valence-corrected chi connectivity index (χ4v) is 2.38. The molecule has 88 valence electrons. The molecule has 0 aliphatic rings. The van der Waals surface area contributed by atoms with E-state index in [4.69, 9.17) is 4.52 Å². The number of nitro benzene ring substituents is 1. The number of non-ortho nitro benzene ring substituents is 1. The summed E-state index contributed by atoms with van der Waals surface area (Å²) in [5, 5.41) is 10.4. The zero-order valence-electron chi connectivity index (χ0n) is 9.25. The molecule has 0 spiro atoms. The van der Waals surface area contributed by atoms with Crippen LogP contribution in [0, 0.1) is 10.1 Å². The molecule has 0 saturated carbocycles. The van der Waals surface area contributed by atoms with Gasteiger partial charge < -0.3 is 4.52 Å². The van der Waals surface area contributed by atoms with Gasteiger partial charge in [-0.15, -0.1) is 0 Å². The van der Waals surface area contributed by atoms with E-state index in [0.717, 1.165) is 0 Å². The van der Waals surface area contributed by atoms with Gasteiger partial charge in [-0.3, -0.25) is 14.7 Å². The standard InChI is InChI=1S/C10H14NO4P/c1-3-16(14,4-2)15-10-7-5-9(6-8-10)11(12)13/h5-8H,3-4H2,1-2H3. The van der Waals surface area contributed by atoms with E-state index in [0.29, 0.717) is 18.1 Å². The van der Waals surface area contributed by atoms with Crippen molar-refractivity contribution in [3.8, 4) is 5.75 Å². The zero-order chi connectivity index (χ0) is 12.2. The molecule has 16 heavy (non-hydrogen) atoms. The highest BCUT2D eigenvalue weighted by atomic mass is 31.2. The van der Waals surface area contributed by atoms with E-state index in [1.165, 1.54) is 24.3 Å². The van der Waals surface area contributed by atoms with Crippen LogP contribution in [0.15, 0.2) is 24.3 Å². The highest BCUT2D eigenvalue weighted by Gasteiger charge is 2.19. The van der Waals surface area contributed by atoms with E-state index in [9.17, 15) is 14.7 Å². The first kappa shape index (κ1) is 12.7. The van der Waals surface area contributed by atoms with Crippen molar-refractivity contribution < 1.29 is 14.0 Å². The molecule has 0 heterocycles. The molecule has 0 aliphatic heterocycles. The van der Waals surface area contributed by atoms with Crippen LogP contribution in [-0.4, -0.2) is 17.2 Å². The molecule has 0 bridgehead atoms. The third kappa shape index (κ3) is 3.07. The summed E-state index contributed by atoms with van der Waals surface area (Å²) in [6.07, 6.45) is 0.918. The largest absolute Gasteiger partial charge is 0.443 e. The van der Waals surface area contributed by atoms with Gasteiger partial charge in [-0.1, -0.05) is 13.8 Å². The predicted octanol–water partition coefficient (Wildman–Crippen LogP) is 3.29. The lowest BCUT2D eigenvalue weighted by Gasteiger charge is -2.15. The van der Waals surface area contributed by atoms with Crippen molar-refractivity contribution in [3.63, 3.8) is 0 Å². The molecule has 1 aromatic rings. The summed E-state index contributed by atoms with van der Waals surface area (Å²) < 4.78 is 17.4. The van der Waals surface area contributed by atoms with Crippen molar-refractivity contribution >= 4 is 13.1 Å². The van der Waals surface area contributed by atoms with Crippen LogP contribution >= 0.6 is 7.37 Å². The van der Waals surface area contributed by atoms with Gasteiger partial charge in [-0.25, -0.2) is 0 Å². The fourth-order valence-electron chi connectivity index (χ4n) is 1.17. The molecule has 0 amide bonds. The van der Waals surface area contributed by atoms with Crippen LogP contribution in [0.4, 0.5) is 5.69 Å². The Morgan fingerprint density at radius 3 is 2.12 bits per heavy atom. The number of hydrogen-bond acceptors (Lipinski definition) is 4. The summed E-state index contributed by atoms with van der Waals surface area (Å²) in [6.45, 7) is 3.60. The predicted molar refractivity (Wildman–Crippen MR) is 62.4 cm³/mol. The summed E-state index contributed by atoms with van der Waals surface area (Å²) in [5.74, 6) is 0.414. The van der Waals surface area contributed by atoms with Gasteiger partial charge >= 0.3 is 0 Å². The second-order valence-corrected chi connectivity index (χ2v) is 6.37. The molecule has 0 saturated heterocycles. The molecule has 6 heteroatoms. The van der Waals surface area contributed by atoms with Crippen LogP contribution in [0.25, 0.3) is 0 Å². The summed E-state index contributed by atoms with van der Waals surface area (Å²) in [6, 6.07) is 5.61. The second kappa shape index (κ2) is 5.12. The zero-order valence-corrected chi connectivity index (χ0v) is 10.1. The lowest BCUT2D eigenvalue weighted by atomic mass is 10.3. The minimum Gasteiger partial charge on any atom is -0.443 e. The minimum absolute atomic E-state index is 0.00446. The number of benzene rings is 1. The Labute approximate surface area is 94.0 Å². The van der Waals surface area contributed by atoms with E-state index in [2.05, 4.69) is 0 Å². The maximum absolute atomic E-state index is 12.0. The van der Waals surface area contributed by atoms with Gasteiger partial charge in [0.05, 0.1) is 4.92 Å². The Morgan fingerprint density at radius 1 is 1.25 bits per heavy atom. The molecule has 0 fully saturated rings. The normalized spacial score (nSPS) is 11.1. The Balaban J connectivity index is 2.83. The van der Waals surface area contributed by atoms with Crippen molar-refractivity contribution in [2.75, 3.05) is 12.3 Å². The molecule has 0 aliphatic carbocycles. The highest BCUT2D eigenvalue weighted by Crippen LogP contribution is 2.46. The molecular formula is C10H14NO4P. The van der Waals surface area contributed by atoms with Gasteiger partial charge in [0, 0.05) is 24.5 Å². The molecular weight excluding hydrogens is 229 g/mol. The number of nitrogens with zero attached hydrogens (tertiary/aromatic N) is 1. The van der Waals surface area contributed by atoms with E-state index in [1.807, 2.05) is 0 Å². The van der Waals surface area contributed by atoms with Gasteiger partial charge in [-0.2, -0.15) is 0 Å². The third-order valence-corrected chi connectivity index (χ3v) is 4.75. The molecule has 1 rings (SSSR count). The molecule has 0 aromatic heterocycles. The third-order valence-electron chi connectivity index (χ3n) is 2.28. The average molecular weight is 243 g/mol. The van der Waals surface area contributed by atoms with Gasteiger partial charge in [-0.05, 0) is 12.1 Å². The Bertz CT molecular complexity index is 407. The van der Waals surface area contributed by atoms with Crippen LogP contribution in [0.2, 0.25) is 0 Å². The summed E-state index contributed by atoms with van der Waals surface area (Å²) in [5.41, 5.74) is -0.00446. The monoisotopic (exact) mass is 243 g/mol. The molecule has 0 radical (unpaired) electrons. The number of hydrogen-bond donors (Lipinski definition) is 0. The van der Waals surface area contributed by atoms with Crippen molar-refractivity contribution in [1.82, 2.24) is 0 Å². The SMILES string of the molecule is CCP(=O)(CC)Oc1ccc([N+](=O)[O-])cc1. The van der Waals surface area contributed by atoms with Crippen LogP contribution in [0.3, 0.4) is 0 Å². The van der Waals surface area contributed by atoms with Gasteiger partial charge in [0.15, 0.2) is 0 Å². The first-order valence-corrected chi connectivity index (χ1v) is 7.02. The molecule has 1 aromatic carbocycles. The van der Waals surface area contributed by atoms with Gasteiger partial charge in [0.25, 0.3) is 5.69 Å². The maximum Gasteiger partial charge on any atom is 0.269 e. The second-order valence-electron chi connectivity index (χ2n) is 3.29. The van der Waals surface area contributed by atoms with E-state index >= 15 is 0 Å². The van der Waals surface area contributed by atoms with E-state index < -0.39 is 12.3 Å². The smallest absolute Gasteiger partial charge is 0.269 e. The summed E-state index contributed by atoms with van der Waals surface area (Å²) >= 11 is 0. The topological polar surface area (TPSA) is 69.4 Å². The average Bonchev–Trinajstić information content (AvgIpc) is 2.29. The Hall–Kier alpha value is -1.35. The molecule has 0 N–H and O–H groups in total. The first-order chi connectivity index (χ1) is 7.50. The van der Waals surface area contributed by atoms with Crippen molar-refractivity contribution in [2.45, 2.75) is 13.8 Å². The van der Waals surface area contributed by atoms with Crippen molar-refractivity contribution in [2.24, 2.45) is 0 Å². The minimum atomic E-state index is -2.61. The lowest BCUT2D eigenvalue weighted by Crippen LogP contribution is -1.98. The van der Waals surface area contributed by atoms with Crippen LogP contribution in [-0.2, 0) is 4.57 Å². The fraction of sp³-hybridized carbons (Fsp3) is 0.400. The van der Waals surface area contributed by atoms with Crippen LogP contribution in [0.5, 0.6) is 5.75 Å². The van der Waals surface area contributed by atoms with E-state index in [1.54, 1.807) is 13.8 Å². The summed E-state index contributed by atoms with van der Waals surface area (Å²) in [7, 11) is -2.61. The van der Waals surface area contributed by atoms with Crippen molar-refractivity contribution in [3.05, 3.63) is 34.4 Å². The Kier molecular flexibility index (Phi) is 4.07. The van der Waals surface area contributed by atoms with Gasteiger partial charge in [0.2, 0.25) is 7.37 Å².